The maximum atomic E-state index is 11.1. The van der Waals surface area contributed by atoms with Crippen LogP contribution in [0.2, 0.25) is 0 Å². The number of hydrogen-bond donors (Lipinski definition) is 2. The summed E-state index contributed by atoms with van der Waals surface area (Å²) in [6.45, 7) is 0.814. The predicted molar refractivity (Wildman–Crippen MR) is 67.5 cm³/mol. The van der Waals surface area contributed by atoms with Crippen LogP contribution in [0.5, 0.6) is 0 Å². The van der Waals surface area contributed by atoms with Gasteiger partial charge in [-0.1, -0.05) is 6.07 Å². The van der Waals surface area contributed by atoms with E-state index < -0.39 is 11.2 Å². The fourth-order valence-electron chi connectivity index (χ4n) is 2.52. The molecule has 0 amide bonds. The van der Waals surface area contributed by atoms with Gasteiger partial charge in [-0.05, 0) is 24.7 Å². The fraction of sp³-hybridized carbons (Fsp3) is 0.385. The minimum atomic E-state index is -0.557. The van der Waals surface area contributed by atoms with Gasteiger partial charge in [-0.25, -0.2) is 4.79 Å². The van der Waals surface area contributed by atoms with E-state index in [1.807, 2.05) is 6.07 Å². The first-order valence-corrected chi connectivity index (χ1v) is 5.97. The summed E-state index contributed by atoms with van der Waals surface area (Å²) in [4.78, 5) is 13.7. The van der Waals surface area contributed by atoms with Crippen LogP contribution >= 0.6 is 0 Å². The largest absolute Gasteiger partial charge is 0.417 e. The molecule has 1 aromatic heterocycles. The van der Waals surface area contributed by atoms with E-state index in [2.05, 4.69) is 16.4 Å². The van der Waals surface area contributed by atoms with E-state index in [0.717, 1.165) is 5.56 Å². The third-order valence-corrected chi connectivity index (χ3v) is 3.56. The van der Waals surface area contributed by atoms with Crippen molar-refractivity contribution in [3.63, 3.8) is 0 Å². The Kier molecular flexibility index (Phi) is 2.66. The van der Waals surface area contributed by atoms with Crippen LogP contribution in [0.1, 0.15) is 11.6 Å². The molecule has 6 heteroatoms. The lowest BCUT2D eigenvalue weighted by atomic mass is 9.76. The lowest BCUT2D eigenvalue weighted by molar-refractivity contribution is -0.0963. The second kappa shape index (κ2) is 4.23. The van der Waals surface area contributed by atoms with Gasteiger partial charge in [0.15, 0.2) is 5.58 Å². The van der Waals surface area contributed by atoms with Crippen LogP contribution in [0.25, 0.3) is 11.1 Å². The van der Waals surface area contributed by atoms with Crippen molar-refractivity contribution in [3.05, 3.63) is 34.3 Å². The third-order valence-electron chi connectivity index (χ3n) is 3.56. The van der Waals surface area contributed by atoms with Crippen molar-refractivity contribution in [2.45, 2.75) is 6.04 Å². The van der Waals surface area contributed by atoms with Gasteiger partial charge in [0.05, 0.1) is 30.8 Å². The van der Waals surface area contributed by atoms with Crippen LogP contribution in [0, 0.1) is 16.7 Å². The molecule has 6 nitrogen and oxygen atoms in total. The molecule has 1 aromatic carbocycles. The minimum absolute atomic E-state index is 0.157. The van der Waals surface area contributed by atoms with Gasteiger partial charge in [-0.15, -0.1) is 0 Å². The Morgan fingerprint density at radius 2 is 2.32 bits per heavy atom. The lowest BCUT2D eigenvalue weighted by Gasteiger charge is -2.41. The average Bonchev–Trinajstić information content (AvgIpc) is 2.72. The summed E-state index contributed by atoms with van der Waals surface area (Å²) in [7, 11) is 1.81. The van der Waals surface area contributed by atoms with Crippen molar-refractivity contribution in [3.8, 4) is 6.07 Å². The maximum absolute atomic E-state index is 11.1. The maximum Gasteiger partial charge on any atom is 0.417 e. The molecule has 0 aliphatic carbocycles. The zero-order chi connectivity index (χ0) is 13.5. The normalized spacial score (nSPS) is 18.7. The Morgan fingerprint density at radius 1 is 1.53 bits per heavy atom. The van der Waals surface area contributed by atoms with Crippen LogP contribution in [0.4, 0.5) is 0 Å². The number of benzene rings is 1. The van der Waals surface area contributed by atoms with Gasteiger partial charge >= 0.3 is 5.76 Å². The number of aromatic amines is 1. The number of ether oxygens (including phenoxy) is 1. The SMILES string of the molecule is CNC(c1ccc2[nH]c(=O)oc2c1)C1(C#N)COC1. The zero-order valence-corrected chi connectivity index (χ0v) is 10.4. The molecule has 0 radical (unpaired) electrons. The second-order valence-corrected chi connectivity index (χ2v) is 4.75. The highest BCUT2D eigenvalue weighted by Crippen LogP contribution is 2.40. The summed E-state index contributed by atoms with van der Waals surface area (Å²) >= 11 is 0. The van der Waals surface area contributed by atoms with Gasteiger partial charge in [-0.2, -0.15) is 5.26 Å². The first-order valence-electron chi connectivity index (χ1n) is 5.97. The molecule has 0 bridgehead atoms. The Labute approximate surface area is 109 Å². The summed E-state index contributed by atoms with van der Waals surface area (Å²) < 4.78 is 10.2. The van der Waals surface area contributed by atoms with E-state index in [0.29, 0.717) is 24.3 Å². The highest BCUT2D eigenvalue weighted by molar-refractivity contribution is 5.73. The van der Waals surface area contributed by atoms with Crippen molar-refractivity contribution in [1.82, 2.24) is 10.3 Å². The van der Waals surface area contributed by atoms with Gasteiger partial charge in [0.25, 0.3) is 0 Å². The van der Waals surface area contributed by atoms with E-state index in [1.165, 1.54) is 0 Å². The monoisotopic (exact) mass is 259 g/mol. The molecule has 19 heavy (non-hydrogen) atoms. The highest BCUT2D eigenvalue weighted by Gasteiger charge is 2.46. The van der Waals surface area contributed by atoms with Crippen molar-refractivity contribution >= 4 is 11.1 Å². The number of hydrogen-bond acceptors (Lipinski definition) is 5. The van der Waals surface area contributed by atoms with Gasteiger partial charge in [0.2, 0.25) is 0 Å². The smallest absolute Gasteiger partial charge is 0.408 e. The van der Waals surface area contributed by atoms with Crippen molar-refractivity contribution in [2.75, 3.05) is 20.3 Å². The van der Waals surface area contributed by atoms with Crippen LogP contribution < -0.4 is 11.1 Å². The number of fused-ring (bicyclic) bond motifs is 1. The first kappa shape index (κ1) is 12.0. The number of oxazole rings is 1. The molecule has 2 N–H and O–H groups in total. The number of nitrogens with zero attached hydrogens (tertiary/aromatic N) is 1. The van der Waals surface area contributed by atoms with Crippen molar-refractivity contribution in [1.29, 1.82) is 5.26 Å². The molecular formula is C13H13N3O3. The Bertz CT molecular complexity index is 706. The lowest BCUT2D eigenvalue weighted by Crippen LogP contribution is -2.50. The predicted octanol–water partition coefficient (Wildman–Crippen LogP) is 0.922. The molecule has 1 atom stereocenters. The van der Waals surface area contributed by atoms with Gasteiger partial charge in [-0.3, -0.25) is 4.98 Å². The van der Waals surface area contributed by atoms with Gasteiger partial charge in [0.1, 0.15) is 5.41 Å². The van der Waals surface area contributed by atoms with Crippen LogP contribution in [-0.2, 0) is 4.74 Å². The van der Waals surface area contributed by atoms with Crippen LogP contribution in [0.3, 0.4) is 0 Å². The Balaban J connectivity index is 2.06. The van der Waals surface area contributed by atoms with E-state index in [4.69, 9.17) is 9.15 Å². The molecule has 98 valence electrons. The van der Waals surface area contributed by atoms with Crippen molar-refractivity contribution in [2.24, 2.45) is 5.41 Å². The van der Waals surface area contributed by atoms with Gasteiger partial charge in [0, 0.05) is 0 Å². The number of rotatable bonds is 3. The number of H-pyrrole nitrogens is 1. The quantitative estimate of drug-likeness (QED) is 0.855. The van der Waals surface area contributed by atoms with E-state index in [1.54, 1.807) is 19.2 Å². The highest BCUT2D eigenvalue weighted by atomic mass is 16.5. The van der Waals surface area contributed by atoms with Crippen LogP contribution in [0.15, 0.2) is 27.4 Å². The number of aromatic nitrogens is 1. The zero-order valence-electron chi connectivity index (χ0n) is 10.4. The van der Waals surface area contributed by atoms with E-state index in [9.17, 15) is 10.1 Å². The summed E-state index contributed by atoms with van der Waals surface area (Å²) in [6, 6.07) is 7.62. The van der Waals surface area contributed by atoms with Gasteiger partial charge < -0.3 is 14.5 Å². The number of nitriles is 1. The molecule has 1 saturated heterocycles. The summed E-state index contributed by atoms with van der Waals surface area (Å²) in [5.41, 5.74) is 1.50. The third kappa shape index (κ3) is 1.75. The topological polar surface area (TPSA) is 91.0 Å². The fourth-order valence-corrected chi connectivity index (χ4v) is 2.52. The van der Waals surface area contributed by atoms with E-state index in [-0.39, 0.29) is 6.04 Å². The summed E-state index contributed by atoms with van der Waals surface area (Å²) in [6.07, 6.45) is 0. The average molecular weight is 259 g/mol. The molecule has 1 unspecified atom stereocenters. The standard InChI is InChI=1S/C13H13N3O3/c1-15-11(13(5-14)6-18-7-13)8-2-3-9-10(4-8)19-12(17)16-9/h2-4,11,15H,6-7H2,1H3,(H,16,17). The molecule has 0 spiro atoms. The molecule has 1 aliphatic rings. The number of nitrogens with one attached hydrogen (secondary N) is 2. The second-order valence-electron chi connectivity index (χ2n) is 4.75. The van der Waals surface area contributed by atoms with E-state index >= 15 is 0 Å². The Hall–Kier alpha value is -2.10. The molecule has 1 aliphatic heterocycles. The summed E-state index contributed by atoms with van der Waals surface area (Å²) in [5, 5.41) is 12.5. The molecular weight excluding hydrogens is 246 g/mol. The molecule has 0 saturated carbocycles. The molecule has 2 aromatic rings. The van der Waals surface area contributed by atoms with Crippen LogP contribution in [-0.4, -0.2) is 25.2 Å². The first-order chi connectivity index (χ1) is 9.18. The Morgan fingerprint density at radius 3 is 2.89 bits per heavy atom. The van der Waals surface area contributed by atoms with Crippen molar-refractivity contribution < 1.29 is 9.15 Å². The minimum Gasteiger partial charge on any atom is -0.408 e. The summed E-state index contributed by atoms with van der Waals surface area (Å²) in [5.74, 6) is -0.477. The molecule has 3 rings (SSSR count). The molecule has 1 fully saturated rings. The molecule has 2 heterocycles.